The van der Waals surface area contributed by atoms with Crippen LogP contribution in [0.3, 0.4) is 0 Å². The number of rotatable bonds is 7. The smallest absolute Gasteiger partial charge is 0.276 e. The number of nitrogens with zero attached hydrogens (tertiary/aromatic N) is 1. The van der Waals surface area contributed by atoms with Crippen molar-refractivity contribution < 1.29 is 13.2 Å². The molecule has 22 heavy (non-hydrogen) atoms. The van der Waals surface area contributed by atoms with Gasteiger partial charge in [-0.2, -0.15) is 13.5 Å². The summed E-state index contributed by atoms with van der Waals surface area (Å²) in [6.07, 6.45) is 3.07. The first-order valence-corrected chi connectivity index (χ1v) is 8.04. The third kappa shape index (κ3) is 4.46. The number of nitrogens with one attached hydrogen (secondary N) is 1. The average Bonchev–Trinajstić information content (AvgIpc) is 2.54. The van der Waals surface area contributed by atoms with Crippen molar-refractivity contribution in [1.82, 2.24) is 4.83 Å². The lowest BCUT2D eigenvalue weighted by Crippen LogP contribution is -2.18. The van der Waals surface area contributed by atoms with Crippen LogP contribution in [0.15, 0.2) is 77.2 Å². The largest absolute Gasteiger partial charge is 0.490 e. The van der Waals surface area contributed by atoms with Crippen LogP contribution in [0.2, 0.25) is 0 Å². The molecule has 0 radical (unpaired) electrons. The molecular weight excluding hydrogens is 300 g/mol. The molecule has 2 aromatic carbocycles. The fourth-order valence-electron chi connectivity index (χ4n) is 1.66. The van der Waals surface area contributed by atoms with E-state index in [1.807, 2.05) is 0 Å². The monoisotopic (exact) mass is 316 g/mol. The van der Waals surface area contributed by atoms with Crippen molar-refractivity contribution in [3.63, 3.8) is 0 Å². The topological polar surface area (TPSA) is 67.8 Å². The van der Waals surface area contributed by atoms with Gasteiger partial charge in [-0.25, -0.2) is 4.83 Å². The highest BCUT2D eigenvalue weighted by Gasteiger charge is 2.10. The first-order valence-electron chi connectivity index (χ1n) is 6.55. The molecule has 0 bridgehead atoms. The van der Waals surface area contributed by atoms with Gasteiger partial charge in [0.1, 0.15) is 12.4 Å². The first-order chi connectivity index (χ1) is 10.6. The normalized spacial score (nSPS) is 11.3. The molecule has 0 heterocycles. The molecule has 1 N–H and O–H groups in total. The number of hydrazone groups is 1. The zero-order chi connectivity index (χ0) is 15.8. The minimum atomic E-state index is -3.65. The highest BCUT2D eigenvalue weighted by atomic mass is 32.2. The molecule has 2 aromatic rings. The van der Waals surface area contributed by atoms with E-state index in [0.717, 1.165) is 5.56 Å². The third-order valence-electron chi connectivity index (χ3n) is 2.67. The van der Waals surface area contributed by atoms with Gasteiger partial charge >= 0.3 is 0 Å². The molecule has 2 rings (SSSR count). The zero-order valence-electron chi connectivity index (χ0n) is 11.8. The predicted molar refractivity (Wildman–Crippen MR) is 86.5 cm³/mol. The SMILES string of the molecule is C=CCOc1cccc(/C=N\NS(=O)(=O)c2ccccc2)c1. The van der Waals surface area contributed by atoms with Gasteiger partial charge in [-0.1, -0.05) is 43.0 Å². The Kier molecular flexibility index (Phi) is 5.32. The summed E-state index contributed by atoms with van der Waals surface area (Å²) >= 11 is 0. The summed E-state index contributed by atoms with van der Waals surface area (Å²) in [5.41, 5.74) is 0.720. The van der Waals surface area contributed by atoms with E-state index in [4.69, 9.17) is 4.74 Å². The van der Waals surface area contributed by atoms with Gasteiger partial charge < -0.3 is 4.74 Å². The second-order valence-electron chi connectivity index (χ2n) is 4.34. The molecule has 0 atom stereocenters. The van der Waals surface area contributed by atoms with Crippen LogP contribution in [0.4, 0.5) is 0 Å². The van der Waals surface area contributed by atoms with Crippen LogP contribution in [-0.4, -0.2) is 21.2 Å². The van der Waals surface area contributed by atoms with Gasteiger partial charge in [0.25, 0.3) is 10.0 Å². The van der Waals surface area contributed by atoms with Crippen molar-refractivity contribution in [3.05, 3.63) is 72.8 Å². The second-order valence-corrected chi connectivity index (χ2v) is 6.00. The van der Waals surface area contributed by atoms with E-state index in [1.54, 1.807) is 48.5 Å². The zero-order valence-corrected chi connectivity index (χ0v) is 12.7. The number of ether oxygens (including phenoxy) is 1. The van der Waals surface area contributed by atoms with Gasteiger partial charge in [-0.3, -0.25) is 0 Å². The fourth-order valence-corrected chi connectivity index (χ4v) is 2.47. The maximum Gasteiger partial charge on any atom is 0.276 e. The quantitative estimate of drug-likeness (QED) is 0.485. The Balaban J connectivity index is 2.05. The molecule has 0 aliphatic carbocycles. The van der Waals surface area contributed by atoms with E-state index in [2.05, 4.69) is 16.5 Å². The van der Waals surface area contributed by atoms with Gasteiger partial charge in [0.15, 0.2) is 0 Å². The van der Waals surface area contributed by atoms with Crippen LogP contribution in [0.1, 0.15) is 5.56 Å². The van der Waals surface area contributed by atoms with Crippen molar-refractivity contribution in [3.8, 4) is 5.75 Å². The highest BCUT2D eigenvalue weighted by molar-refractivity contribution is 7.89. The van der Waals surface area contributed by atoms with Crippen molar-refractivity contribution in [2.75, 3.05) is 6.61 Å². The van der Waals surface area contributed by atoms with Gasteiger partial charge in [0, 0.05) is 0 Å². The molecule has 0 fully saturated rings. The summed E-state index contributed by atoms with van der Waals surface area (Å²) in [5, 5.41) is 3.77. The Morgan fingerprint density at radius 2 is 1.91 bits per heavy atom. The Hall–Kier alpha value is -2.60. The molecule has 114 valence electrons. The van der Waals surface area contributed by atoms with Crippen molar-refractivity contribution >= 4 is 16.2 Å². The van der Waals surface area contributed by atoms with Gasteiger partial charge in [0.05, 0.1) is 11.1 Å². The standard InChI is InChI=1S/C16H16N2O3S/c1-2-11-21-15-8-6-7-14(12-15)13-17-18-22(19,20)16-9-4-3-5-10-16/h2-10,12-13,18H,1,11H2/b17-13-. The highest BCUT2D eigenvalue weighted by Crippen LogP contribution is 2.12. The van der Waals surface area contributed by atoms with E-state index in [9.17, 15) is 8.42 Å². The number of hydrogen-bond donors (Lipinski definition) is 1. The maximum absolute atomic E-state index is 12.0. The average molecular weight is 316 g/mol. The van der Waals surface area contributed by atoms with Crippen molar-refractivity contribution in [2.45, 2.75) is 4.90 Å². The number of benzene rings is 2. The molecule has 0 aliphatic rings. The predicted octanol–water partition coefficient (Wildman–Crippen LogP) is 2.56. The minimum Gasteiger partial charge on any atom is -0.490 e. The second kappa shape index (κ2) is 7.42. The lowest BCUT2D eigenvalue weighted by molar-refractivity contribution is 0.363. The van der Waals surface area contributed by atoms with Crippen LogP contribution < -0.4 is 9.57 Å². The molecule has 0 spiro atoms. The van der Waals surface area contributed by atoms with Crippen molar-refractivity contribution in [2.24, 2.45) is 5.10 Å². The maximum atomic E-state index is 12.0. The van der Waals surface area contributed by atoms with E-state index in [-0.39, 0.29) is 4.90 Å². The Morgan fingerprint density at radius 3 is 2.64 bits per heavy atom. The summed E-state index contributed by atoms with van der Waals surface area (Å²) < 4.78 is 29.3. The molecule has 0 saturated carbocycles. The molecular formula is C16H16N2O3S. The lowest BCUT2D eigenvalue weighted by atomic mass is 10.2. The first kappa shape index (κ1) is 15.8. The molecule has 5 nitrogen and oxygen atoms in total. The van der Waals surface area contributed by atoms with E-state index >= 15 is 0 Å². The molecule has 0 amide bonds. The molecule has 0 aliphatic heterocycles. The molecule has 6 heteroatoms. The van der Waals surface area contributed by atoms with Gasteiger partial charge in [-0.05, 0) is 29.8 Å². The van der Waals surface area contributed by atoms with E-state index in [1.165, 1.54) is 18.3 Å². The van der Waals surface area contributed by atoms with Crippen LogP contribution >= 0.6 is 0 Å². The number of hydrogen-bond acceptors (Lipinski definition) is 4. The molecule has 0 saturated heterocycles. The Bertz CT molecular complexity index is 756. The van der Waals surface area contributed by atoms with Gasteiger partial charge in [-0.15, -0.1) is 0 Å². The lowest BCUT2D eigenvalue weighted by Gasteiger charge is -2.04. The summed E-state index contributed by atoms with van der Waals surface area (Å²) in [4.78, 5) is 2.33. The van der Waals surface area contributed by atoms with Crippen LogP contribution in [0, 0.1) is 0 Å². The van der Waals surface area contributed by atoms with E-state index in [0.29, 0.717) is 12.4 Å². The minimum absolute atomic E-state index is 0.162. The summed E-state index contributed by atoms with van der Waals surface area (Å²) in [6.45, 7) is 3.98. The molecule has 0 aromatic heterocycles. The van der Waals surface area contributed by atoms with Gasteiger partial charge in [0.2, 0.25) is 0 Å². The number of sulfonamides is 1. The van der Waals surface area contributed by atoms with Crippen LogP contribution in [0.25, 0.3) is 0 Å². The van der Waals surface area contributed by atoms with E-state index < -0.39 is 10.0 Å². The van der Waals surface area contributed by atoms with Crippen LogP contribution in [-0.2, 0) is 10.0 Å². The third-order valence-corrected chi connectivity index (χ3v) is 3.90. The summed E-state index contributed by atoms with van der Waals surface area (Å²) in [7, 11) is -3.65. The fraction of sp³-hybridized carbons (Fsp3) is 0.0625. The Labute approximate surface area is 130 Å². The molecule has 0 unspecified atom stereocenters. The summed E-state index contributed by atoms with van der Waals surface area (Å²) in [6, 6.07) is 15.2. The van der Waals surface area contributed by atoms with Crippen LogP contribution in [0.5, 0.6) is 5.75 Å². The van der Waals surface area contributed by atoms with Crippen molar-refractivity contribution in [1.29, 1.82) is 0 Å². The summed E-state index contributed by atoms with van der Waals surface area (Å²) in [5.74, 6) is 0.662. The Morgan fingerprint density at radius 1 is 1.14 bits per heavy atom.